The number of aromatic nitrogens is 1. The minimum Gasteiger partial charge on any atom is -0.356 e. The highest BCUT2D eigenvalue weighted by Crippen LogP contribution is 2.10. The van der Waals surface area contributed by atoms with Crippen molar-refractivity contribution in [1.29, 1.82) is 0 Å². The molecule has 0 spiro atoms. The zero-order chi connectivity index (χ0) is 13.2. The summed E-state index contributed by atoms with van der Waals surface area (Å²) in [5.41, 5.74) is 0. The predicted molar refractivity (Wildman–Crippen MR) is 79.4 cm³/mol. The summed E-state index contributed by atoms with van der Waals surface area (Å²) in [6, 6.07) is 0. The molecule has 0 aliphatic heterocycles. The van der Waals surface area contributed by atoms with Crippen LogP contribution in [0.4, 0.5) is 0 Å². The van der Waals surface area contributed by atoms with E-state index in [0.29, 0.717) is 0 Å². The largest absolute Gasteiger partial charge is 0.356 e. The highest BCUT2D eigenvalue weighted by atomic mass is 32.1. The van der Waals surface area contributed by atoms with Gasteiger partial charge in [0.25, 0.3) is 0 Å². The van der Waals surface area contributed by atoms with E-state index in [1.54, 1.807) is 11.3 Å². The molecule has 0 saturated carbocycles. The van der Waals surface area contributed by atoms with E-state index in [2.05, 4.69) is 34.5 Å². The lowest BCUT2D eigenvalue weighted by molar-refractivity contribution is 0.682. The second kappa shape index (κ2) is 8.91. The second-order valence-electron chi connectivity index (χ2n) is 4.25. The first-order valence-corrected chi connectivity index (χ1v) is 7.43. The number of hydrogen-bond acceptors (Lipinski definition) is 3. The first kappa shape index (κ1) is 15.0. The Labute approximate surface area is 114 Å². The molecule has 0 fully saturated rings. The van der Waals surface area contributed by atoms with Crippen molar-refractivity contribution in [2.75, 3.05) is 20.1 Å². The van der Waals surface area contributed by atoms with Crippen molar-refractivity contribution in [1.82, 2.24) is 15.6 Å². The molecule has 0 amide bonds. The number of rotatable bonds is 7. The van der Waals surface area contributed by atoms with Gasteiger partial charge in [-0.2, -0.15) is 0 Å². The fraction of sp³-hybridized carbons (Fsp3) is 0.692. The van der Waals surface area contributed by atoms with Crippen LogP contribution in [0.15, 0.2) is 11.2 Å². The van der Waals surface area contributed by atoms with E-state index in [1.165, 1.54) is 29.1 Å². The van der Waals surface area contributed by atoms with Gasteiger partial charge in [0, 0.05) is 37.6 Å². The van der Waals surface area contributed by atoms with Crippen molar-refractivity contribution >= 4 is 17.3 Å². The monoisotopic (exact) mass is 268 g/mol. The lowest BCUT2D eigenvalue weighted by Gasteiger charge is -2.10. The molecule has 1 rings (SSSR count). The van der Waals surface area contributed by atoms with E-state index in [-0.39, 0.29) is 0 Å². The van der Waals surface area contributed by atoms with E-state index in [4.69, 9.17) is 0 Å². The number of hydrogen-bond donors (Lipinski definition) is 2. The summed E-state index contributed by atoms with van der Waals surface area (Å²) in [4.78, 5) is 9.81. The van der Waals surface area contributed by atoms with Crippen LogP contribution in [0.25, 0.3) is 0 Å². The predicted octanol–water partition coefficient (Wildman–Crippen LogP) is 2.35. The fourth-order valence-corrected chi connectivity index (χ4v) is 2.39. The zero-order valence-electron chi connectivity index (χ0n) is 11.6. The van der Waals surface area contributed by atoms with Crippen LogP contribution in [0.3, 0.4) is 0 Å². The number of unbranched alkanes of at least 4 members (excludes halogenated alkanes) is 2. The summed E-state index contributed by atoms with van der Waals surface area (Å²) in [5.74, 6) is 0.888. The van der Waals surface area contributed by atoms with Gasteiger partial charge in [0.05, 0.1) is 5.01 Å². The van der Waals surface area contributed by atoms with Gasteiger partial charge < -0.3 is 10.6 Å². The summed E-state index contributed by atoms with van der Waals surface area (Å²) < 4.78 is 0. The van der Waals surface area contributed by atoms with Crippen LogP contribution in [0.1, 0.15) is 36.1 Å². The Kier molecular flexibility index (Phi) is 7.41. The highest BCUT2D eigenvalue weighted by Gasteiger charge is 2.00. The second-order valence-corrected chi connectivity index (χ2v) is 5.57. The van der Waals surface area contributed by atoms with Crippen molar-refractivity contribution in [3.63, 3.8) is 0 Å². The Balaban J connectivity index is 2.15. The molecular weight excluding hydrogens is 244 g/mol. The molecule has 0 radical (unpaired) electrons. The maximum atomic E-state index is 4.34. The maximum absolute atomic E-state index is 4.34. The minimum atomic E-state index is 0.875. The minimum absolute atomic E-state index is 0.875. The highest BCUT2D eigenvalue weighted by molar-refractivity contribution is 7.11. The molecule has 4 nitrogen and oxygen atoms in total. The number of aliphatic imine (C=N–C) groups is 1. The summed E-state index contributed by atoms with van der Waals surface area (Å²) in [5, 5.41) is 7.81. The lowest BCUT2D eigenvalue weighted by atomic mass is 10.2. The van der Waals surface area contributed by atoms with Gasteiger partial charge in [0.1, 0.15) is 0 Å². The number of aryl methyl sites for hydroxylation is 1. The van der Waals surface area contributed by atoms with Gasteiger partial charge in [-0.1, -0.05) is 19.8 Å². The van der Waals surface area contributed by atoms with Gasteiger partial charge >= 0.3 is 0 Å². The quantitative estimate of drug-likeness (QED) is 0.453. The third kappa shape index (κ3) is 6.00. The molecule has 1 aromatic rings. The first-order chi connectivity index (χ1) is 8.76. The molecule has 2 N–H and O–H groups in total. The zero-order valence-corrected chi connectivity index (χ0v) is 12.4. The Bertz CT molecular complexity index is 360. The van der Waals surface area contributed by atoms with Crippen LogP contribution in [0.2, 0.25) is 0 Å². The molecule has 0 aromatic carbocycles. The molecule has 0 aliphatic rings. The van der Waals surface area contributed by atoms with Crippen LogP contribution < -0.4 is 10.6 Å². The van der Waals surface area contributed by atoms with Crippen molar-refractivity contribution in [2.24, 2.45) is 4.99 Å². The van der Waals surface area contributed by atoms with Crippen molar-refractivity contribution in [3.05, 3.63) is 16.1 Å². The number of thiazole rings is 1. The Morgan fingerprint density at radius 3 is 2.72 bits per heavy atom. The summed E-state index contributed by atoms with van der Waals surface area (Å²) >= 11 is 1.76. The van der Waals surface area contributed by atoms with Crippen LogP contribution >= 0.6 is 11.3 Å². The normalized spacial score (nSPS) is 11.6. The molecule has 102 valence electrons. The van der Waals surface area contributed by atoms with E-state index in [9.17, 15) is 0 Å². The van der Waals surface area contributed by atoms with Crippen LogP contribution in [-0.4, -0.2) is 31.1 Å². The molecule has 1 aromatic heterocycles. The third-order valence-corrected chi connectivity index (χ3v) is 3.57. The Morgan fingerprint density at radius 1 is 1.33 bits per heavy atom. The summed E-state index contributed by atoms with van der Waals surface area (Å²) in [6.45, 7) is 6.16. The van der Waals surface area contributed by atoms with Crippen LogP contribution in [0.5, 0.6) is 0 Å². The van der Waals surface area contributed by atoms with Gasteiger partial charge in [0.15, 0.2) is 5.96 Å². The summed E-state index contributed by atoms with van der Waals surface area (Å²) in [6.07, 6.45) is 6.59. The van der Waals surface area contributed by atoms with Gasteiger partial charge in [-0.05, 0) is 13.3 Å². The number of nitrogens with zero attached hydrogens (tertiary/aromatic N) is 2. The number of nitrogens with one attached hydrogen (secondary N) is 2. The Hall–Kier alpha value is -1.10. The average Bonchev–Trinajstić information content (AvgIpc) is 2.78. The molecule has 0 aliphatic carbocycles. The fourth-order valence-electron chi connectivity index (χ4n) is 1.61. The van der Waals surface area contributed by atoms with Crippen molar-refractivity contribution in [3.8, 4) is 0 Å². The molecule has 0 atom stereocenters. The lowest BCUT2D eigenvalue weighted by Crippen LogP contribution is -2.38. The molecule has 1 heterocycles. The van der Waals surface area contributed by atoms with Crippen LogP contribution in [-0.2, 0) is 6.42 Å². The van der Waals surface area contributed by atoms with Crippen molar-refractivity contribution in [2.45, 2.75) is 39.5 Å². The van der Waals surface area contributed by atoms with Crippen LogP contribution in [0, 0.1) is 6.92 Å². The first-order valence-electron chi connectivity index (χ1n) is 6.62. The standard InChI is InChI=1S/C13H24N4S/c1-4-5-6-8-15-13(14-3)16-9-7-12-17-10-11(2)18-12/h10H,4-9H2,1-3H3,(H2,14,15,16). The molecular formula is C13H24N4S. The molecule has 0 saturated heterocycles. The van der Waals surface area contributed by atoms with Gasteiger partial charge in [-0.15, -0.1) is 11.3 Å². The van der Waals surface area contributed by atoms with E-state index in [1.807, 2.05) is 13.2 Å². The number of guanidine groups is 1. The van der Waals surface area contributed by atoms with Gasteiger partial charge in [0.2, 0.25) is 0 Å². The van der Waals surface area contributed by atoms with Gasteiger partial charge in [-0.3, -0.25) is 4.99 Å². The third-order valence-electron chi connectivity index (χ3n) is 2.60. The Morgan fingerprint density at radius 2 is 2.11 bits per heavy atom. The van der Waals surface area contributed by atoms with E-state index >= 15 is 0 Å². The molecule has 5 heteroatoms. The maximum Gasteiger partial charge on any atom is 0.190 e. The molecule has 18 heavy (non-hydrogen) atoms. The van der Waals surface area contributed by atoms with Gasteiger partial charge in [-0.25, -0.2) is 4.98 Å². The SMILES string of the molecule is CCCCCNC(=NC)NCCc1ncc(C)s1. The molecule has 0 bridgehead atoms. The average molecular weight is 268 g/mol. The van der Waals surface area contributed by atoms with E-state index < -0.39 is 0 Å². The van der Waals surface area contributed by atoms with Crippen molar-refractivity contribution < 1.29 is 0 Å². The topological polar surface area (TPSA) is 49.3 Å². The summed E-state index contributed by atoms with van der Waals surface area (Å²) in [7, 11) is 1.81. The molecule has 0 unspecified atom stereocenters. The smallest absolute Gasteiger partial charge is 0.190 e. The van der Waals surface area contributed by atoms with E-state index in [0.717, 1.165) is 25.5 Å².